The summed E-state index contributed by atoms with van der Waals surface area (Å²) in [5, 5.41) is 2.66. The Bertz CT molecular complexity index is 2280. The average molecular weight is 832 g/mol. The number of ether oxygens (including phenoxy) is 1. The Balaban J connectivity index is 0.751. The Morgan fingerprint density at radius 1 is 0.883 bits per heavy atom. The Morgan fingerprint density at radius 2 is 1.62 bits per heavy atom. The molecule has 0 aliphatic carbocycles. The first kappa shape index (κ1) is 41.0. The van der Waals surface area contributed by atoms with Crippen LogP contribution >= 0.6 is 12.2 Å². The molecular formula is C44H49N9O6S. The smallest absolute Gasteiger partial charge is 0.262 e. The highest BCUT2D eigenvalue weighted by atomic mass is 32.1. The highest BCUT2D eigenvalue weighted by Gasteiger charge is 2.49. The first-order chi connectivity index (χ1) is 28.8. The molecule has 3 aromatic rings. The fourth-order valence-electron chi connectivity index (χ4n) is 8.89. The van der Waals surface area contributed by atoms with E-state index in [1.807, 2.05) is 49.9 Å². The second-order valence-electron chi connectivity index (χ2n) is 16.8. The summed E-state index contributed by atoms with van der Waals surface area (Å²) in [7, 11) is 0. The second kappa shape index (κ2) is 16.7. The van der Waals surface area contributed by atoms with E-state index in [9.17, 15) is 24.0 Å². The van der Waals surface area contributed by atoms with Crippen molar-refractivity contribution in [3.8, 4) is 5.88 Å². The molecular weight excluding hydrogens is 783 g/mol. The number of pyridine rings is 1. The van der Waals surface area contributed by atoms with Crippen LogP contribution in [0.15, 0.2) is 54.7 Å². The number of aromatic nitrogens is 1. The van der Waals surface area contributed by atoms with Crippen LogP contribution in [0.5, 0.6) is 5.88 Å². The Labute approximate surface area is 355 Å². The summed E-state index contributed by atoms with van der Waals surface area (Å²) in [6.07, 6.45) is 4.25. The van der Waals surface area contributed by atoms with Gasteiger partial charge < -0.3 is 14.5 Å². The van der Waals surface area contributed by atoms with Crippen molar-refractivity contribution in [1.82, 2.24) is 29.9 Å². The van der Waals surface area contributed by atoms with Gasteiger partial charge in [0.15, 0.2) is 10.8 Å². The van der Waals surface area contributed by atoms with Gasteiger partial charge in [-0.1, -0.05) is 12.1 Å². The van der Waals surface area contributed by atoms with Gasteiger partial charge in [-0.3, -0.25) is 48.9 Å². The van der Waals surface area contributed by atoms with Crippen LogP contribution in [0, 0.1) is 19.4 Å². The molecule has 8 rings (SSSR count). The Kier molecular flexibility index (Phi) is 11.4. The lowest BCUT2D eigenvalue weighted by Gasteiger charge is -2.39. The molecule has 0 radical (unpaired) electrons. The van der Waals surface area contributed by atoms with Gasteiger partial charge in [0.1, 0.15) is 18.2 Å². The van der Waals surface area contributed by atoms with Gasteiger partial charge in [-0.25, -0.2) is 9.83 Å². The van der Waals surface area contributed by atoms with E-state index in [-0.39, 0.29) is 18.7 Å². The molecule has 1 N–H and O–H groups in total. The van der Waals surface area contributed by atoms with E-state index in [4.69, 9.17) is 23.5 Å². The molecule has 1 unspecified atom stereocenters. The number of nitrogens with one attached hydrogen (secondary N) is 1. The van der Waals surface area contributed by atoms with Crippen molar-refractivity contribution < 1.29 is 28.7 Å². The number of aryl methyl sites for hydroxylation is 1. The number of fused-ring (bicyclic) bond motifs is 1. The number of thiocarbonyl (C=S) groups is 1. The minimum absolute atomic E-state index is 0.0927. The van der Waals surface area contributed by atoms with Crippen molar-refractivity contribution >= 4 is 63.9 Å². The van der Waals surface area contributed by atoms with Gasteiger partial charge in [0.2, 0.25) is 17.7 Å². The maximum Gasteiger partial charge on any atom is 0.262 e. The van der Waals surface area contributed by atoms with Crippen molar-refractivity contribution in [2.75, 3.05) is 68.8 Å². The van der Waals surface area contributed by atoms with Crippen LogP contribution in [-0.4, -0.2) is 130 Å². The Hall–Kier alpha value is -5.76. The van der Waals surface area contributed by atoms with E-state index in [2.05, 4.69) is 29.8 Å². The minimum Gasteiger partial charge on any atom is -0.476 e. The van der Waals surface area contributed by atoms with E-state index in [0.29, 0.717) is 52.6 Å². The van der Waals surface area contributed by atoms with Gasteiger partial charge in [-0.2, -0.15) is 0 Å². The SMILES string of the molecule is [C-]#[N+]c1ccc(N2C(=O)C(C)(C)N(Cc3ccc(OCCN4CCC(CN5CCN(c6ccc7c(c6)C(=O)N(C6CCC(=O)NC6=O)C7=O)CC5)CC4)nc3)C2=S)cc1C. The molecule has 60 heavy (non-hydrogen) atoms. The zero-order valence-electron chi connectivity index (χ0n) is 34.2. The normalized spacial score (nSPS) is 21.5. The van der Waals surface area contributed by atoms with Gasteiger partial charge >= 0.3 is 0 Å². The first-order valence-electron chi connectivity index (χ1n) is 20.6. The third kappa shape index (κ3) is 7.96. The standard InChI is InChI=1S/C44H49N9O6S/c1-28-23-32(7-9-35(28)45-4)52-42(58)44(2,3)51(43(52)60)27-30-5-12-38(46-25-30)59-22-21-48-15-13-29(14-16-48)26-49-17-19-50(20-18-49)31-6-8-33-34(24-31)41(57)53(40(33)56)36-10-11-37(54)47-39(36)55/h5-9,12,23-25,29,36H,10-11,13-22,26-27H2,1-3H3,(H,47,54,55). The fourth-order valence-corrected chi connectivity index (χ4v) is 9.37. The number of imide groups is 2. The molecule has 16 heteroatoms. The minimum atomic E-state index is -0.971. The molecule has 6 heterocycles. The number of piperazine rings is 1. The van der Waals surface area contributed by atoms with Crippen LogP contribution < -0.4 is 19.9 Å². The summed E-state index contributed by atoms with van der Waals surface area (Å²) in [5.74, 6) is -0.910. The summed E-state index contributed by atoms with van der Waals surface area (Å²) in [4.78, 5) is 83.8. The second-order valence-corrected chi connectivity index (χ2v) is 17.1. The first-order valence-corrected chi connectivity index (χ1v) is 21.0. The highest BCUT2D eigenvalue weighted by Crippen LogP contribution is 2.36. The number of carbonyl (C=O) groups is 5. The quantitative estimate of drug-likeness (QED) is 0.168. The van der Waals surface area contributed by atoms with Crippen molar-refractivity contribution in [3.63, 3.8) is 0 Å². The monoisotopic (exact) mass is 831 g/mol. The number of hydrogen-bond donors (Lipinski definition) is 1. The van der Waals surface area contributed by atoms with E-state index in [1.165, 1.54) is 0 Å². The summed E-state index contributed by atoms with van der Waals surface area (Å²) < 4.78 is 6.04. The number of rotatable bonds is 11. The molecule has 5 amide bonds. The molecule has 0 spiro atoms. The molecule has 5 aliphatic heterocycles. The molecule has 15 nitrogen and oxygen atoms in total. The lowest BCUT2D eigenvalue weighted by atomic mass is 9.96. The summed E-state index contributed by atoms with van der Waals surface area (Å²) in [5.41, 5.74) is 3.55. The summed E-state index contributed by atoms with van der Waals surface area (Å²) >= 11 is 5.81. The van der Waals surface area contributed by atoms with Gasteiger partial charge in [0.05, 0.1) is 17.7 Å². The molecule has 4 saturated heterocycles. The zero-order chi connectivity index (χ0) is 42.3. The number of carbonyl (C=O) groups excluding carboxylic acids is 5. The molecule has 0 saturated carbocycles. The molecule has 0 bridgehead atoms. The van der Waals surface area contributed by atoms with Crippen LogP contribution in [0.1, 0.15) is 71.4 Å². The molecule has 1 aromatic heterocycles. The number of anilines is 2. The van der Waals surface area contributed by atoms with Crippen LogP contribution in [0.3, 0.4) is 0 Å². The van der Waals surface area contributed by atoms with Gasteiger partial charge in [-0.05, 0) is 113 Å². The summed E-state index contributed by atoms with van der Waals surface area (Å²) in [6.45, 7) is 21.2. The topological polar surface area (TPSA) is 143 Å². The van der Waals surface area contributed by atoms with E-state index in [0.717, 1.165) is 86.9 Å². The van der Waals surface area contributed by atoms with Crippen LogP contribution in [0.2, 0.25) is 0 Å². The number of hydrogen-bond acceptors (Lipinski definition) is 11. The fraction of sp³-hybridized carbons (Fsp3) is 0.455. The van der Waals surface area contributed by atoms with E-state index >= 15 is 0 Å². The van der Waals surface area contributed by atoms with Crippen molar-refractivity contribution in [1.29, 1.82) is 0 Å². The number of benzene rings is 2. The largest absolute Gasteiger partial charge is 0.476 e. The molecule has 4 fully saturated rings. The molecule has 1 atom stereocenters. The van der Waals surface area contributed by atoms with Crippen LogP contribution in [0.25, 0.3) is 4.85 Å². The summed E-state index contributed by atoms with van der Waals surface area (Å²) in [6, 6.07) is 13.5. The third-order valence-corrected chi connectivity index (χ3v) is 13.0. The lowest BCUT2D eigenvalue weighted by Crippen LogP contribution is -2.54. The Morgan fingerprint density at radius 3 is 2.30 bits per heavy atom. The van der Waals surface area contributed by atoms with Gasteiger partial charge in [0, 0.05) is 75.9 Å². The van der Waals surface area contributed by atoms with Gasteiger partial charge in [-0.15, -0.1) is 0 Å². The highest BCUT2D eigenvalue weighted by molar-refractivity contribution is 7.80. The van der Waals surface area contributed by atoms with Gasteiger partial charge in [0.25, 0.3) is 17.7 Å². The molecule has 312 valence electrons. The van der Waals surface area contributed by atoms with Crippen molar-refractivity contribution in [2.45, 2.75) is 64.6 Å². The number of likely N-dealkylation sites (tertiary alicyclic amines) is 1. The number of piperidine rings is 2. The van der Waals surface area contributed by atoms with Crippen molar-refractivity contribution in [2.24, 2.45) is 5.92 Å². The van der Waals surface area contributed by atoms with Crippen molar-refractivity contribution in [3.05, 3.63) is 88.4 Å². The number of nitrogens with zero attached hydrogens (tertiary/aromatic N) is 8. The zero-order valence-corrected chi connectivity index (χ0v) is 35.0. The predicted octanol–water partition coefficient (Wildman–Crippen LogP) is 4.17. The third-order valence-electron chi connectivity index (χ3n) is 12.6. The maximum atomic E-state index is 13.5. The molecule has 2 aromatic carbocycles. The van der Waals surface area contributed by atoms with E-state index in [1.54, 1.807) is 35.4 Å². The molecule has 5 aliphatic rings. The van der Waals surface area contributed by atoms with Crippen LogP contribution in [-0.2, 0) is 20.9 Å². The van der Waals surface area contributed by atoms with E-state index < -0.39 is 35.2 Å². The maximum absolute atomic E-state index is 13.5. The predicted molar refractivity (Wildman–Crippen MR) is 228 cm³/mol. The van der Waals surface area contributed by atoms with Crippen LogP contribution in [0.4, 0.5) is 17.1 Å². The number of amides is 5. The lowest BCUT2D eigenvalue weighted by molar-refractivity contribution is -0.136. The average Bonchev–Trinajstić information content (AvgIpc) is 3.58.